The van der Waals surface area contributed by atoms with Crippen molar-refractivity contribution in [2.45, 2.75) is 120 Å². The molecule has 9 heteroatoms. The van der Waals surface area contributed by atoms with Gasteiger partial charge in [0.1, 0.15) is 0 Å². The van der Waals surface area contributed by atoms with E-state index in [2.05, 4.69) is 62.3 Å². The van der Waals surface area contributed by atoms with Gasteiger partial charge < -0.3 is 14.9 Å². The molecular formula is C28H66O5P4. The zero-order valence-corrected chi connectivity index (χ0v) is 29.8. The Hall–Kier alpha value is 0.910. The molecule has 0 aromatic heterocycles. The molecule has 0 aliphatic carbocycles. The molecule has 0 saturated carbocycles. The molecule has 0 aliphatic heterocycles. The first-order valence-corrected chi connectivity index (χ1v) is 22.2. The van der Waals surface area contributed by atoms with E-state index in [1.54, 1.807) is 0 Å². The van der Waals surface area contributed by atoms with Crippen LogP contribution in [0.3, 0.4) is 0 Å². The fourth-order valence-corrected chi connectivity index (χ4v) is 11.6. The van der Waals surface area contributed by atoms with E-state index in [9.17, 15) is 9.36 Å². The number of carbonyl (C=O) groups is 1. The van der Waals surface area contributed by atoms with E-state index in [0.29, 0.717) is 23.8 Å². The zero-order chi connectivity index (χ0) is 29.5. The maximum absolute atomic E-state index is 9.43. The summed E-state index contributed by atoms with van der Waals surface area (Å²) in [6, 6.07) is 0. The summed E-state index contributed by atoms with van der Waals surface area (Å²) >= 11 is 0. The molecule has 0 unspecified atom stereocenters. The van der Waals surface area contributed by atoms with E-state index in [1.807, 2.05) is 0 Å². The monoisotopic (exact) mass is 606 g/mol. The third-order valence-electron chi connectivity index (χ3n) is 5.11. The zero-order valence-electron chi connectivity index (χ0n) is 26.2. The first kappa shape index (κ1) is 44.9. The van der Waals surface area contributed by atoms with Gasteiger partial charge in [0, 0.05) is 0 Å². The highest BCUT2D eigenvalue weighted by atomic mass is 31.2. The van der Waals surface area contributed by atoms with Gasteiger partial charge in [-0.15, -0.1) is 23.8 Å². The van der Waals surface area contributed by atoms with Crippen molar-refractivity contribution in [2.24, 2.45) is 0 Å². The van der Waals surface area contributed by atoms with Gasteiger partial charge in [0.25, 0.3) is 0 Å². The van der Waals surface area contributed by atoms with Crippen molar-refractivity contribution in [3.05, 3.63) is 0 Å². The Morgan fingerprint density at radius 3 is 0.622 bits per heavy atom. The molecule has 0 amide bonds. The van der Waals surface area contributed by atoms with Gasteiger partial charge in [-0.05, 0) is 55.5 Å². The minimum atomic E-state index is -4.82. The molecule has 0 radical (unpaired) electrons. The van der Waals surface area contributed by atoms with Crippen LogP contribution in [0, 0.1) is 0 Å². The summed E-state index contributed by atoms with van der Waals surface area (Å²) in [5.74, 6) is 0. The Bertz CT molecular complexity index is 404. The maximum Gasteiger partial charge on any atom is 0.433 e. The maximum atomic E-state index is 9.43. The van der Waals surface area contributed by atoms with Crippen molar-refractivity contribution in [2.75, 3.05) is 55.5 Å². The average Bonchev–Trinajstić information content (AvgIpc) is 2.81. The molecule has 0 aromatic carbocycles. The highest BCUT2D eigenvalue weighted by molar-refractivity contribution is 7.69. The highest BCUT2D eigenvalue weighted by Crippen LogP contribution is 2.38. The topological polar surface area (TPSA) is 94.8 Å². The number of hydrogen-bond acceptors (Lipinski definition) is 2. The van der Waals surface area contributed by atoms with Gasteiger partial charge in [-0.3, -0.25) is 0 Å². The summed E-state index contributed by atoms with van der Waals surface area (Å²) < 4.78 is 9.43. The van der Waals surface area contributed by atoms with Crippen LogP contribution >= 0.6 is 31.4 Å². The SMILES string of the molecule is CCCP(CCC)CCC.CCCP(CCC)CCC.CCCP(CCC)CCC.O=C(O)P(=O)(O)O. The minimum Gasteiger partial charge on any atom is -0.472 e. The molecule has 0 aromatic rings. The van der Waals surface area contributed by atoms with Crippen molar-refractivity contribution in [3.8, 4) is 0 Å². The molecule has 37 heavy (non-hydrogen) atoms. The summed E-state index contributed by atoms with van der Waals surface area (Å²) in [5, 5.41) is 7.49. The molecule has 0 fully saturated rings. The predicted octanol–water partition coefficient (Wildman–Crippen LogP) is 10.9. The third-order valence-corrected chi connectivity index (χ3v) is 15.3. The van der Waals surface area contributed by atoms with Crippen molar-refractivity contribution in [1.29, 1.82) is 0 Å². The van der Waals surface area contributed by atoms with Crippen LogP contribution in [0.4, 0.5) is 4.79 Å². The predicted molar refractivity (Wildman–Crippen MR) is 177 cm³/mol. The molecule has 0 saturated heterocycles. The smallest absolute Gasteiger partial charge is 0.433 e. The average molecular weight is 607 g/mol. The molecule has 228 valence electrons. The van der Waals surface area contributed by atoms with Gasteiger partial charge in [0.15, 0.2) is 0 Å². The van der Waals surface area contributed by atoms with Gasteiger partial charge in [-0.25, -0.2) is 9.36 Å². The Balaban J connectivity index is -0.000000198. The van der Waals surface area contributed by atoms with Crippen LogP contribution in [0.25, 0.3) is 0 Å². The van der Waals surface area contributed by atoms with Gasteiger partial charge in [-0.1, -0.05) is 120 Å². The van der Waals surface area contributed by atoms with Crippen LogP contribution in [0.1, 0.15) is 120 Å². The number of hydrogen-bond donors (Lipinski definition) is 3. The first-order chi connectivity index (χ1) is 17.5. The molecule has 5 nitrogen and oxygen atoms in total. The molecule has 0 rings (SSSR count). The second-order valence-electron chi connectivity index (χ2n) is 9.35. The highest BCUT2D eigenvalue weighted by Gasteiger charge is 2.23. The molecule has 0 aliphatic rings. The summed E-state index contributed by atoms with van der Waals surface area (Å²) in [7, 11) is -3.50. The molecule has 0 heterocycles. The van der Waals surface area contributed by atoms with Crippen LogP contribution in [-0.4, -0.2) is 76.1 Å². The summed E-state index contributed by atoms with van der Waals surface area (Å²) in [4.78, 5) is 24.5. The lowest BCUT2D eigenvalue weighted by Gasteiger charge is -2.13. The Morgan fingerprint density at radius 1 is 0.459 bits per heavy atom. The standard InChI is InChI=1S/3C9H21P.CH3O5P/c3*1-4-7-10(8-5-2)9-6-3;2-1(3)7(4,5)6/h3*4-9H2,1-3H3;(H,2,3)(H2,4,5,6). The molecule has 0 spiro atoms. The second-order valence-corrected chi connectivity index (χ2v) is 18.9. The molecular weight excluding hydrogens is 540 g/mol. The fraction of sp³-hybridized carbons (Fsp3) is 0.964. The Morgan fingerprint density at radius 2 is 0.568 bits per heavy atom. The van der Waals surface area contributed by atoms with Crippen molar-refractivity contribution in [1.82, 2.24) is 0 Å². The minimum absolute atomic E-state index is 0.439. The largest absolute Gasteiger partial charge is 0.472 e. The van der Waals surface area contributed by atoms with Crippen LogP contribution in [0.2, 0.25) is 0 Å². The lowest BCUT2D eigenvalue weighted by Crippen LogP contribution is -1.92. The second kappa shape index (κ2) is 34.9. The summed E-state index contributed by atoms with van der Waals surface area (Å²) in [5.41, 5.74) is -2.09. The lowest BCUT2D eigenvalue weighted by atomic mass is 10.6. The van der Waals surface area contributed by atoms with Crippen molar-refractivity contribution < 1.29 is 24.3 Å². The van der Waals surface area contributed by atoms with Crippen LogP contribution in [0.5, 0.6) is 0 Å². The Kier molecular flexibility index (Phi) is 42.4. The molecule has 0 bridgehead atoms. The van der Waals surface area contributed by atoms with Gasteiger partial charge in [-0.2, -0.15) is 0 Å². The van der Waals surface area contributed by atoms with Crippen molar-refractivity contribution >= 4 is 37.1 Å². The van der Waals surface area contributed by atoms with Crippen LogP contribution < -0.4 is 0 Å². The van der Waals surface area contributed by atoms with Gasteiger partial charge >= 0.3 is 13.3 Å². The van der Waals surface area contributed by atoms with Crippen LogP contribution in [-0.2, 0) is 4.57 Å². The van der Waals surface area contributed by atoms with Gasteiger partial charge in [0.05, 0.1) is 0 Å². The van der Waals surface area contributed by atoms with Gasteiger partial charge in [0.2, 0.25) is 0 Å². The van der Waals surface area contributed by atoms with E-state index in [0.717, 1.165) is 0 Å². The molecule has 0 atom stereocenters. The molecule has 3 N–H and O–H groups in total. The number of rotatable bonds is 19. The number of carboxylic acid groups (broad SMARTS) is 1. The first-order valence-electron chi connectivity index (χ1n) is 14.9. The summed E-state index contributed by atoms with van der Waals surface area (Å²) in [6.45, 7) is 20.8. The van der Waals surface area contributed by atoms with E-state index in [1.165, 1.54) is 113 Å². The van der Waals surface area contributed by atoms with Crippen molar-refractivity contribution in [3.63, 3.8) is 0 Å². The van der Waals surface area contributed by atoms with E-state index >= 15 is 0 Å². The normalized spacial score (nSPS) is 10.9. The summed E-state index contributed by atoms with van der Waals surface area (Å²) in [6.07, 6.45) is 26.1. The van der Waals surface area contributed by atoms with E-state index in [4.69, 9.17) is 14.9 Å². The lowest BCUT2D eigenvalue weighted by molar-refractivity contribution is 0.208. The van der Waals surface area contributed by atoms with Crippen LogP contribution in [0.15, 0.2) is 0 Å². The van der Waals surface area contributed by atoms with E-state index in [-0.39, 0.29) is 0 Å². The quantitative estimate of drug-likeness (QED) is 0.127. The van der Waals surface area contributed by atoms with E-state index < -0.39 is 13.3 Å². The third kappa shape index (κ3) is 39.1. The fourth-order valence-electron chi connectivity index (χ4n) is 3.85. The Labute approximate surface area is 236 Å².